The number of nitrogens with one attached hydrogen (secondary N) is 2. The van der Waals surface area contributed by atoms with Crippen molar-refractivity contribution in [1.29, 1.82) is 0 Å². The molecule has 1 aromatic heterocycles. The molecule has 2 rings (SSSR count). The van der Waals surface area contributed by atoms with Gasteiger partial charge in [-0.2, -0.15) is 0 Å². The number of rotatable bonds is 5. The molecule has 0 fully saturated rings. The summed E-state index contributed by atoms with van der Waals surface area (Å²) in [5.74, 6) is 1.08. The minimum atomic E-state index is -0.317. The first kappa shape index (κ1) is 14.7. The highest BCUT2D eigenvalue weighted by Crippen LogP contribution is 2.39. The number of carbonyl (C=O) groups is 1. The van der Waals surface area contributed by atoms with Gasteiger partial charge in [-0.05, 0) is 6.92 Å². The lowest BCUT2D eigenvalue weighted by atomic mass is 10.2. The smallest absolute Gasteiger partial charge is 0.276 e. The van der Waals surface area contributed by atoms with Gasteiger partial charge in [0.25, 0.3) is 5.91 Å². The van der Waals surface area contributed by atoms with Crippen LogP contribution < -0.4 is 19.5 Å². The first-order valence-electron chi connectivity index (χ1n) is 6.22. The maximum atomic E-state index is 12.1. The number of aromatic amines is 1. The molecular formula is C14H17N3O4. The van der Waals surface area contributed by atoms with Crippen molar-refractivity contribution in [3.8, 4) is 17.2 Å². The van der Waals surface area contributed by atoms with E-state index in [0.29, 0.717) is 34.3 Å². The van der Waals surface area contributed by atoms with E-state index in [0.717, 1.165) is 0 Å². The monoisotopic (exact) mass is 291 g/mol. The molecule has 2 aromatic rings. The second-order valence-corrected chi connectivity index (χ2v) is 4.24. The van der Waals surface area contributed by atoms with Gasteiger partial charge in [0.2, 0.25) is 5.75 Å². The third-order valence-corrected chi connectivity index (χ3v) is 2.97. The quantitative estimate of drug-likeness (QED) is 0.880. The van der Waals surface area contributed by atoms with Crippen molar-refractivity contribution in [3.05, 3.63) is 29.8 Å². The maximum Gasteiger partial charge on any atom is 0.276 e. The van der Waals surface area contributed by atoms with Gasteiger partial charge in [-0.25, -0.2) is 4.98 Å². The molecule has 0 radical (unpaired) electrons. The molecule has 0 aliphatic heterocycles. The number of imidazole rings is 1. The van der Waals surface area contributed by atoms with Gasteiger partial charge in [0, 0.05) is 23.5 Å². The fraction of sp³-hybridized carbons (Fsp3) is 0.286. The molecule has 0 bridgehead atoms. The lowest BCUT2D eigenvalue weighted by Crippen LogP contribution is -2.14. The van der Waals surface area contributed by atoms with Crippen molar-refractivity contribution in [3.63, 3.8) is 0 Å². The number of hydrogen-bond donors (Lipinski definition) is 2. The van der Waals surface area contributed by atoms with Gasteiger partial charge in [-0.1, -0.05) is 0 Å². The number of benzene rings is 1. The molecule has 7 nitrogen and oxygen atoms in total. The highest BCUT2D eigenvalue weighted by atomic mass is 16.5. The Labute approximate surface area is 122 Å². The summed E-state index contributed by atoms with van der Waals surface area (Å²) < 4.78 is 15.7. The van der Waals surface area contributed by atoms with E-state index < -0.39 is 0 Å². The number of anilines is 1. The maximum absolute atomic E-state index is 12.1. The van der Waals surface area contributed by atoms with Gasteiger partial charge >= 0.3 is 0 Å². The van der Waals surface area contributed by atoms with Crippen LogP contribution in [0, 0.1) is 6.92 Å². The molecule has 1 heterocycles. The Kier molecular flexibility index (Phi) is 4.32. The molecule has 0 aliphatic rings. The standard InChI is InChI=1S/C14H17N3O4/c1-8-12(16-7-15-8)14(18)17-9-5-10(19-2)13(21-4)11(6-9)20-3/h5-7H,1-4H3,(H,15,16)(H,17,18). The average Bonchev–Trinajstić information content (AvgIpc) is 2.92. The summed E-state index contributed by atoms with van der Waals surface area (Å²) in [7, 11) is 4.55. The molecule has 21 heavy (non-hydrogen) atoms. The zero-order chi connectivity index (χ0) is 15.4. The summed E-state index contributed by atoms with van der Waals surface area (Å²) >= 11 is 0. The van der Waals surface area contributed by atoms with Crippen LogP contribution in [-0.2, 0) is 0 Å². The lowest BCUT2D eigenvalue weighted by Gasteiger charge is -2.14. The van der Waals surface area contributed by atoms with Crippen LogP contribution >= 0.6 is 0 Å². The van der Waals surface area contributed by atoms with Crippen LogP contribution in [0.2, 0.25) is 0 Å². The Morgan fingerprint density at radius 3 is 2.19 bits per heavy atom. The number of hydrogen-bond acceptors (Lipinski definition) is 5. The molecule has 7 heteroatoms. The topological polar surface area (TPSA) is 85.5 Å². The molecule has 0 unspecified atom stereocenters. The van der Waals surface area contributed by atoms with Gasteiger partial charge in [0.05, 0.1) is 27.7 Å². The third-order valence-electron chi connectivity index (χ3n) is 2.97. The number of H-pyrrole nitrogens is 1. The van der Waals surface area contributed by atoms with Gasteiger partial charge < -0.3 is 24.5 Å². The minimum Gasteiger partial charge on any atom is -0.493 e. The highest BCUT2D eigenvalue weighted by molar-refractivity contribution is 6.03. The molecule has 0 atom stereocenters. The van der Waals surface area contributed by atoms with Crippen LogP contribution in [0.5, 0.6) is 17.2 Å². The molecule has 1 amide bonds. The van der Waals surface area contributed by atoms with Crippen molar-refractivity contribution in [2.75, 3.05) is 26.6 Å². The first-order valence-corrected chi connectivity index (χ1v) is 6.22. The summed E-state index contributed by atoms with van der Waals surface area (Å²) in [5.41, 5.74) is 1.56. The summed E-state index contributed by atoms with van der Waals surface area (Å²) in [6, 6.07) is 3.31. The normalized spacial score (nSPS) is 10.1. The Hall–Kier alpha value is -2.70. The van der Waals surface area contributed by atoms with E-state index in [1.54, 1.807) is 19.1 Å². The van der Waals surface area contributed by atoms with E-state index in [1.165, 1.54) is 27.7 Å². The van der Waals surface area contributed by atoms with Crippen LogP contribution in [0.4, 0.5) is 5.69 Å². The second kappa shape index (κ2) is 6.17. The zero-order valence-electron chi connectivity index (χ0n) is 12.3. The van der Waals surface area contributed by atoms with Crippen molar-refractivity contribution < 1.29 is 19.0 Å². The van der Waals surface area contributed by atoms with E-state index in [-0.39, 0.29) is 5.91 Å². The molecule has 2 N–H and O–H groups in total. The zero-order valence-corrected chi connectivity index (χ0v) is 12.3. The molecule has 0 saturated heterocycles. The van der Waals surface area contributed by atoms with Crippen molar-refractivity contribution >= 4 is 11.6 Å². The van der Waals surface area contributed by atoms with E-state index in [4.69, 9.17) is 14.2 Å². The van der Waals surface area contributed by atoms with Crippen molar-refractivity contribution in [2.24, 2.45) is 0 Å². The summed E-state index contributed by atoms with van der Waals surface area (Å²) in [4.78, 5) is 19.0. The summed E-state index contributed by atoms with van der Waals surface area (Å²) in [6.45, 7) is 1.77. The number of aromatic nitrogens is 2. The SMILES string of the molecule is COc1cc(NC(=O)c2nc[nH]c2C)cc(OC)c1OC. The summed E-state index contributed by atoms with van der Waals surface area (Å²) in [6.07, 6.45) is 1.47. The van der Waals surface area contributed by atoms with E-state index >= 15 is 0 Å². The van der Waals surface area contributed by atoms with E-state index in [9.17, 15) is 4.79 Å². The largest absolute Gasteiger partial charge is 0.493 e. The number of aryl methyl sites for hydroxylation is 1. The lowest BCUT2D eigenvalue weighted by molar-refractivity contribution is 0.102. The molecular weight excluding hydrogens is 274 g/mol. The minimum absolute atomic E-state index is 0.317. The van der Waals surface area contributed by atoms with Crippen molar-refractivity contribution in [2.45, 2.75) is 6.92 Å². The molecule has 0 aliphatic carbocycles. The Bertz CT molecular complexity index is 626. The number of carbonyl (C=O) groups excluding carboxylic acids is 1. The van der Waals surface area contributed by atoms with E-state index in [2.05, 4.69) is 15.3 Å². The predicted octanol–water partition coefficient (Wildman–Crippen LogP) is 2.00. The van der Waals surface area contributed by atoms with E-state index in [1.807, 2.05) is 0 Å². The number of methoxy groups -OCH3 is 3. The average molecular weight is 291 g/mol. The molecule has 1 aromatic carbocycles. The van der Waals surface area contributed by atoms with Crippen LogP contribution in [0.1, 0.15) is 16.2 Å². The third kappa shape index (κ3) is 2.91. The number of amides is 1. The Balaban J connectivity index is 2.32. The Morgan fingerprint density at radius 2 is 1.76 bits per heavy atom. The van der Waals surface area contributed by atoms with Crippen LogP contribution in [-0.4, -0.2) is 37.2 Å². The predicted molar refractivity (Wildman–Crippen MR) is 77.4 cm³/mol. The molecule has 0 spiro atoms. The van der Waals surface area contributed by atoms with Crippen LogP contribution in [0.25, 0.3) is 0 Å². The van der Waals surface area contributed by atoms with Gasteiger partial charge in [-0.15, -0.1) is 0 Å². The number of nitrogens with zero attached hydrogens (tertiary/aromatic N) is 1. The van der Waals surface area contributed by atoms with Crippen LogP contribution in [0.3, 0.4) is 0 Å². The fourth-order valence-corrected chi connectivity index (χ4v) is 1.93. The van der Waals surface area contributed by atoms with Gasteiger partial charge in [-0.3, -0.25) is 4.79 Å². The highest BCUT2D eigenvalue weighted by Gasteiger charge is 2.16. The first-order chi connectivity index (χ1) is 10.1. The van der Waals surface area contributed by atoms with Gasteiger partial charge in [0.15, 0.2) is 11.5 Å². The van der Waals surface area contributed by atoms with Crippen molar-refractivity contribution in [1.82, 2.24) is 9.97 Å². The second-order valence-electron chi connectivity index (χ2n) is 4.24. The Morgan fingerprint density at radius 1 is 1.14 bits per heavy atom. The molecule has 112 valence electrons. The van der Waals surface area contributed by atoms with Crippen LogP contribution in [0.15, 0.2) is 18.5 Å². The number of ether oxygens (including phenoxy) is 3. The molecule has 0 saturated carbocycles. The summed E-state index contributed by atoms with van der Waals surface area (Å²) in [5, 5.41) is 2.75. The van der Waals surface area contributed by atoms with Gasteiger partial charge in [0.1, 0.15) is 5.69 Å². The fourth-order valence-electron chi connectivity index (χ4n) is 1.93.